The van der Waals surface area contributed by atoms with Gasteiger partial charge in [-0.2, -0.15) is 0 Å². The fourth-order valence-electron chi connectivity index (χ4n) is 0. The van der Waals surface area contributed by atoms with Crippen molar-refractivity contribution in [3.05, 3.63) is 12.3 Å². The highest BCUT2D eigenvalue weighted by molar-refractivity contribution is 5.85. The average molecular weight is 94.5 g/mol. The molecule has 0 unspecified atom stereocenters. The minimum absolute atomic E-state index is 0. The third kappa shape index (κ3) is 444. The predicted molar refractivity (Wildman–Crippen MR) is 24.7 cm³/mol. The summed E-state index contributed by atoms with van der Waals surface area (Å²) in [7, 11) is 0. The fourth-order valence-corrected chi connectivity index (χ4v) is 0. The molecule has 0 fully saturated rings. The van der Waals surface area contributed by atoms with Gasteiger partial charge in [0.1, 0.15) is 0 Å². The van der Waals surface area contributed by atoms with E-state index in [1.54, 1.807) is 0 Å². The van der Waals surface area contributed by atoms with E-state index < -0.39 is 0 Å². The smallest absolute Gasteiger partial charge is 0.0820 e. The van der Waals surface area contributed by atoms with Gasteiger partial charge >= 0.3 is 0 Å². The summed E-state index contributed by atoms with van der Waals surface area (Å²) in [5, 5.41) is 7.86. The van der Waals surface area contributed by atoms with E-state index in [0.717, 1.165) is 0 Å². The number of aliphatic hydroxyl groups is 1. The minimum atomic E-state index is 0. The van der Waals surface area contributed by atoms with Gasteiger partial charge in [0, 0.05) is 0 Å². The molecule has 0 aromatic carbocycles. The summed E-state index contributed by atoms with van der Waals surface area (Å²) in [6.45, 7) is 4.64. The maximum absolute atomic E-state index is 7.86. The Hall–Kier alpha value is -0.170. The van der Waals surface area contributed by atoms with Crippen LogP contribution in [0.5, 0.6) is 0 Å². The first-order valence-corrected chi connectivity index (χ1v) is 1.08. The van der Waals surface area contributed by atoms with Crippen molar-refractivity contribution >= 4 is 12.4 Å². The molecule has 0 heterocycles. The highest BCUT2D eigenvalue weighted by atomic mass is 35.5. The van der Waals surface area contributed by atoms with Gasteiger partial charge in [-0.05, 0) is 6.92 Å². The highest BCUT2D eigenvalue weighted by Crippen LogP contribution is 1.66. The van der Waals surface area contributed by atoms with Crippen molar-refractivity contribution in [1.82, 2.24) is 0 Å². The van der Waals surface area contributed by atoms with E-state index in [-0.39, 0.29) is 18.2 Å². The number of hydrogen-bond acceptors (Lipinski definition) is 1. The molecule has 32 valence electrons. The number of halogens is 1. The summed E-state index contributed by atoms with van der Waals surface area (Å²) in [6.07, 6.45) is 0. The lowest BCUT2D eigenvalue weighted by Gasteiger charge is -1.68. The number of hydrogen-bond donors (Lipinski definition) is 1. The van der Waals surface area contributed by atoms with Gasteiger partial charge in [0.15, 0.2) is 0 Å². The third-order valence-corrected chi connectivity index (χ3v) is 0. The van der Waals surface area contributed by atoms with Gasteiger partial charge in [-0.3, -0.25) is 0 Å². The Kier molecular flexibility index (Phi) is 6.78. The van der Waals surface area contributed by atoms with Gasteiger partial charge in [-0.15, -0.1) is 12.4 Å². The molecular weight excluding hydrogens is 87.5 g/mol. The maximum atomic E-state index is 7.86. The first-order valence-electron chi connectivity index (χ1n) is 1.08. The molecule has 0 amide bonds. The van der Waals surface area contributed by atoms with Crippen molar-refractivity contribution in [3.63, 3.8) is 0 Å². The molecule has 0 spiro atoms. The molecular formula is C3H7ClO. The zero-order chi connectivity index (χ0) is 3.58. The normalized spacial score (nSPS) is 5.00. The molecule has 0 radical (unpaired) electrons. The Morgan fingerprint density at radius 3 is 1.80 bits per heavy atom. The summed E-state index contributed by atoms with van der Waals surface area (Å²) in [6, 6.07) is 0. The average Bonchev–Trinajstić information content (AvgIpc) is 0.811. The lowest BCUT2D eigenvalue weighted by molar-refractivity contribution is 0.417. The van der Waals surface area contributed by atoms with E-state index in [0.29, 0.717) is 0 Å². The largest absolute Gasteiger partial charge is 0.513 e. The first-order chi connectivity index (χ1) is 1.73. The van der Waals surface area contributed by atoms with Gasteiger partial charge in [-0.25, -0.2) is 0 Å². The fraction of sp³-hybridized carbons (Fsp3) is 0.333. The summed E-state index contributed by atoms with van der Waals surface area (Å²) in [4.78, 5) is 0. The van der Waals surface area contributed by atoms with Crippen molar-refractivity contribution in [2.45, 2.75) is 6.92 Å². The second-order valence-electron chi connectivity index (χ2n) is 0.735. The molecule has 1 nitrogen and oxygen atoms in total. The monoisotopic (exact) mass is 94.0 g/mol. The van der Waals surface area contributed by atoms with Crippen LogP contribution < -0.4 is 0 Å². The Morgan fingerprint density at radius 2 is 1.80 bits per heavy atom. The van der Waals surface area contributed by atoms with Crippen molar-refractivity contribution in [3.8, 4) is 0 Å². The predicted octanol–water partition coefficient (Wildman–Crippen LogP) is 1.50. The molecule has 0 aliphatic rings. The molecule has 1 N–H and O–H groups in total. The molecule has 0 aliphatic carbocycles. The van der Waals surface area contributed by atoms with E-state index in [1.165, 1.54) is 6.92 Å². The molecule has 0 atom stereocenters. The van der Waals surface area contributed by atoms with Crippen molar-refractivity contribution in [2.75, 3.05) is 0 Å². The van der Waals surface area contributed by atoms with E-state index >= 15 is 0 Å². The maximum Gasteiger partial charge on any atom is 0.0820 e. The van der Waals surface area contributed by atoms with E-state index in [1.807, 2.05) is 0 Å². The van der Waals surface area contributed by atoms with E-state index in [9.17, 15) is 0 Å². The molecule has 0 aromatic heterocycles. The molecule has 0 bridgehead atoms. The summed E-state index contributed by atoms with van der Waals surface area (Å²) in [5.74, 6) is 0.167. The quantitative estimate of drug-likeness (QED) is 0.451. The van der Waals surface area contributed by atoms with Gasteiger partial charge in [0.25, 0.3) is 0 Å². The molecule has 0 saturated heterocycles. The molecule has 0 aromatic rings. The molecule has 0 saturated carbocycles. The number of rotatable bonds is 0. The number of aliphatic hydroxyl groups excluding tert-OH is 1. The van der Waals surface area contributed by atoms with Crippen molar-refractivity contribution < 1.29 is 5.11 Å². The topological polar surface area (TPSA) is 20.2 Å². The second kappa shape index (κ2) is 3.83. The standard InChI is InChI=1S/C3H6O.ClH/c1-3(2)4;/h4H,1H2,2H3;1H. The van der Waals surface area contributed by atoms with Crippen LogP contribution in [-0.4, -0.2) is 5.11 Å². The van der Waals surface area contributed by atoms with Crippen LogP contribution in [0.15, 0.2) is 12.3 Å². The summed E-state index contributed by atoms with van der Waals surface area (Å²) in [5.41, 5.74) is 0. The van der Waals surface area contributed by atoms with Gasteiger partial charge in [0.05, 0.1) is 5.76 Å². The van der Waals surface area contributed by atoms with Gasteiger partial charge in [0.2, 0.25) is 0 Å². The van der Waals surface area contributed by atoms with Crippen LogP contribution in [0.2, 0.25) is 0 Å². The van der Waals surface area contributed by atoms with Crippen LogP contribution in [0.25, 0.3) is 0 Å². The van der Waals surface area contributed by atoms with Crippen molar-refractivity contribution in [1.29, 1.82) is 0 Å². The van der Waals surface area contributed by atoms with Crippen LogP contribution in [0, 0.1) is 0 Å². The third-order valence-electron chi connectivity index (χ3n) is 0. The van der Waals surface area contributed by atoms with Crippen molar-refractivity contribution in [2.24, 2.45) is 0 Å². The van der Waals surface area contributed by atoms with Crippen LogP contribution in [0.3, 0.4) is 0 Å². The Labute approximate surface area is 37.7 Å². The van der Waals surface area contributed by atoms with Crippen LogP contribution in [0.4, 0.5) is 0 Å². The summed E-state index contributed by atoms with van der Waals surface area (Å²) < 4.78 is 0. The Balaban J connectivity index is 0. The zero-order valence-electron chi connectivity index (χ0n) is 3.06. The van der Waals surface area contributed by atoms with Gasteiger partial charge < -0.3 is 5.11 Å². The lowest BCUT2D eigenvalue weighted by Crippen LogP contribution is -1.54. The minimum Gasteiger partial charge on any atom is -0.513 e. The van der Waals surface area contributed by atoms with Gasteiger partial charge in [-0.1, -0.05) is 6.58 Å². The lowest BCUT2D eigenvalue weighted by atomic mass is 10.7. The zero-order valence-corrected chi connectivity index (χ0v) is 3.88. The highest BCUT2D eigenvalue weighted by Gasteiger charge is 1.53. The molecule has 0 aliphatic heterocycles. The Bertz CT molecular complexity index is 29.9. The molecule has 5 heavy (non-hydrogen) atoms. The Morgan fingerprint density at radius 1 is 1.80 bits per heavy atom. The SMILES string of the molecule is C=C(C)O.Cl. The van der Waals surface area contributed by atoms with E-state index in [2.05, 4.69) is 6.58 Å². The van der Waals surface area contributed by atoms with Crippen LogP contribution >= 0.6 is 12.4 Å². The molecule has 0 rings (SSSR count). The van der Waals surface area contributed by atoms with Crippen LogP contribution in [-0.2, 0) is 0 Å². The second-order valence-corrected chi connectivity index (χ2v) is 0.735. The first kappa shape index (κ1) is 8.85. The van der Waals surface area contributed by atoms with E-state index in [4.69, 9.17) is 5.11 Å². The van der Waals surface area contributed by atoms with Crippen LogP contribution in [0.1, 0.15) is 6.92 Å². The summed E-state index contributed by atoms with van der Waals surface area (Å²) >= 11 is 0. The number of allylic oxidation sites excluding steroid dienone is 1. The molecule has 2 heteroatoms.